The largest absolute Gasteiger partial charge is 0.379 e. The molecule has 1 saturated carbocycles. The lowest BCUT2D eigenvalue weighted by molar-refractivity contribution is 0.0376. The first-order chi connectivity index (χ1) is 10.7. The van der Waals surface area contributed by atoms with Crippen LogP contribution in [0.1, 0.15) is 51.9 Å². The van der Waals surface area contributed by atoms with E-state index in [1.54, 1.807) is 0 Å². The van der Waals surface area contributed by atoms with Gasteiger partial charge in [-0.05, 0) is 31.2 Å². The van der Waals surface area contributed by atoms with Gasteiger partial charge in [-0.15, -0.1) is 0 Å². The fraction of sp³-hybridized carbons (Fsp3) is 0.941. The van der Waals surface area contributed by atoms with Gasteiger partial charge in [0.1, 0.15) is 0 Å². The molecule has 5 nitrogen and oxygen atoms in total. The van der Waals surface area contributed by atoms with E-state index >= 15 is 0 Å². The van der Waals surface area contributed by atoms with E-state index in [0.717, 1.165) is 52.4 Å². The summed E-state index contributed by atoms with van der Waals surface area (Å²) in [4.78, 5) is 7.04. The smallest absolute Gasteiger partial charge is 0.188 e. The molecule has 0 unspecified atom stereocenters. The van der Waals surface area contributed by atoms with Crippen molar-refractivity contribution in [3.63, 3.8) is 0 Å². The average Bonchev–Trinajstić information content (AvgIpc) is 2.76. The van der Waals surface area contributed by atoms with Crippen LogP contribution in [0.2, 0.25) is 0 Å². The van der Waals surface area contributed by atoms with Crippen LogP contribution < -0.4 is 11.1 Å². The molecular formula is C17H34N4O. The first-order valence-corrected chi connectivity index (χ1v) is 9.02. The number of nitrogens with two attached hydrogens (primary N) is 1. The lowest BCUT2D eigenvalue weighted by Crippen LogP contribution is -2.39. The van der Waals surface area contributed by atoms with Crippen LogP contribution in [-0.4, -0.2) is 56.8 Å². The minimum atomic E-state index is 0.358. The maximum atomic E-state index is 6.01. The lowest BCUT2D eigenvalue weighted by atomic mass is 9.83. The third kappa shape index (κ3) is 6.53. The SMILES string of the molecule is CC1(CN=C(N)NCCCN2CCOCC2)CCCCCC1. The minimum Gasteiger partial charge on any atom is -0.379 e. The molecule has 1 saturated heterocycles. The number of nitrogens with zero attached hydrogens (tertiary/aromatic N) is 2. The topological polar surface area (TPSA) is 62.9 Å². The van der Waals surface area contributed by atoms with Crippen LogP contribution in [0.4, 0.5) is 0 Å². The van der Waals surface area contributed by atoms with Crippen LogP contribution >= 0.6 is 0 Å². The third-order valence-corrected chi connectivity index (χ3v) is 5.00. The van der Waals surface area contributed by atoms with Crippen molar-refractivity contribution in [3.05, 3.63) is 0 Å². The van der Waals surface area contributed by atoms with E-state index in [2.05, 4.69) is 22.1 Å². The summed E-state index contributed by atoms with van der Waals surface area (Å²) in [6, 6.07) is 0. The van der Waals surface area contributed by atoms with E-state index in [0.29, 0.717) is 11.4 Å². The summed E-state index contributed by atoms with van der Waals surface area (Å²) in [5.41, 5.74) is 6.37. The molecule has 1 aliphatic carbocycles. The lowest BCUT2D eigenvalue weighted by Gasteiger charge is -2.27. The molecule has 2 fully saturated rings. The Balaban J connectivity index is 1.60. The van der Waals surface area contributed by atoms with Crippen LogP contribution in [0.25, 0.3) is 0 Å². The van der Waals surface area contributed by atoms with Gasteiger partial charge in [-0.2, -0.15) is 0 Å². The molecule has 0 spiro atoms. The molecule has 0 bridgehead atoms. The van der Waals surface area contributed by atoms with Crippen LogP contribution in [0, 0.1) is 5.41 Å². The number of hydrogen-bond acceptors (Lipinski definition) is 3. The number of ether oxygens (including phenoxy) is 1. The van der Waals surface area contributed by atoms with Crippen molar-refractivity contribution in [1.29, 1.82) is 0 Å². The molecule has 1 heterocycles. The zero-order chi connectivity index (χ0) is 15.7. The van der Waals surface area contributed by atoms with Crippen LogP contribution in [0.15, 0.2) is 4.99 Å². The van der Waals surface area contributed by atoms with Crippen molar-refractivity contribution in [3.8, 4) is 0 Å². The van der Waals surface area contributed by atoms with Crippen molar-refractivity contribution in [2.45, 2.75) is 51.9 Å². The van der Waals surface area contributed by atoms with Gasteiger partial charge in [-0.3, -0.25) is 9.89 Å². The Morgan fingerprint density at radius 2 is 1.86 bits per heavy atom. The maximum Gasteiger partial charge on any atom is 0.188 e. The molecule has 0 aromatic heterocycles. The number of hydrogen-bond donors (Lipinski definition) is 2. The molecule has 22 heavy (non-hydrogen) atoms. The molecule has 5 heteroatoms. The summed E-state index contributed by atoms with van der Waals surface area (Å²) in [7, 11) is 0. The van der Waals surface area contributed by atoms with Crippen LogP contribution in [0.5, 0.6) is 0 Å². The zero-order valence-corrected chi connectivity index (χ0v) is 14.3. The average molecular weight is 310 g/mol. The maximum absolute atomic E-state index is 6.01. The molecule has 1 aliphatic heterocycles. The van der Waals surface area contributed by atoms with Crippen molar-refractivity contribution in [2.75, 3.05) is 45.9 Å². The summed E-state index contributed by atoms with van der Waals surface area (Å²) in [6.07, 6.45) is 9.15. The van der Waals surface area contributed by atoms with E-state index < -0.39 is 0 Å². The Bertz CT molecular complexity index is 332. The van der Waals surface area contributed by atoms with Crippen molar-refractivity contribution < 1.29 is 4.74 Å². The number of nitrogens with one attached hydrogen (secondary N) is 1. The summed E-state index contributed by atoms with van der Waals surface area (Å²) >= 11 is 0. The molecule has 0 radical (unpaired) electrons. The van der Waals surface area contributed by atoms with Gasteiger partial charge in [0.15, 0.2) is 5.96 Å². The highest BCUT2D eigenvalue weighted by Gasteiger charge is 2.25. The summed E-state index contributed by atoms with van der Waals surface area (Å²) in [6.45, 7) is 9.11. The Morgan fingerprint density at radius 1 is 1.18 bits per heavy atom. The minimum absolute atomic E-state index is 0.358. The van der Waals surface area contributed by atoms with Crippen LogP contribution in [0.3, 0.4) is 0 Å². The van der Waals surface area contributed by atoms with Crippen LogP contribution in [-0.2, 0) is 4.74 Å². The Morgan fingerprint density at radius 3 is 2.55 bits per heavy atom. The van der Waals surface area contributed by atoms with E-state index in [1.165, 1.54) is 38.5 Å². The van der Waals surface area contributed by atoms with Gasteiger partial charge >= 0.3 is 0 Å². The number of guanidine groups is 1. The van der Waals surface area contributed by atoms with Gasteiger partial charge in [0, 0.05) is 26.2 Å². The second kappa shape index (κ2) is 9.36. The van der Waals surface area contributed by atoms with E-state index in [-0.39, 0.29) is 0 Å². The zero-order valence-electron chi connectivity index (χ0n) is 14.3. The standard InChI is InChI=1S/C17H34N4O/c1-17(7-4-2-3-5-8-17)15-20-16(18)19-9-6-10-21-11-13-22-14-12-21/h2-15H2,1H3,(H3,18,19,20). The van der Waals surface area contributed by atoms with E-state index in [4.69, 9.17) is 10.5 Å². The molecule has 0 aromatic carbocycles. The summed E-state index contributed by atoms with van der Waals surface area (Å²) in [5.74, 6) is 0.618. The fourth-order valence-corrected chi connectivity index (χ4v) is 3.42. The number of rotatable bonds is 6. The highest BCUT2D eigenvalue weighted by molar-refractivity contribution is 5.77. The van der Waals surface area contributed by atoms with Gasteiger partial charge in [-0.1, -0.05) is 32.6 Å². The molecule has 2 aliphatic rings. The van der Waals surface area contributed by atoms with Gasteiger partial charge in [0.25, 0.3) is 0 Å². The van der Waals surface area contributed by atoms with Gasteiger partial charge < -0.3 is 15.8 Å². The van der Waals surface area contributed by atoms with Crippen molar-refractivity contribution in [2.24, 2.45) is 16.1 Å². The predicted octanol–water partition coefficient (Wildman–Crippen LogP) is 1.97. The number of aliphatic imine (C=N–C) groups is 1. The highest BCUT2D eigenvalue weighted by atomic mass is 16.5. The highest BCUT2D eigenvalue weighted by Crippen LogP contribution is 2.34. The second-order valence-corrected chi connectivity index (χ2v) is 7.16. The number of morpholine rings is 1. The van der Waals surface area contributed by atoms with Gasteiger partial charge in [0.05, 0.1) is 13.2 Å². The molecule has 0 atom stereocenters. The van der Waals surface area contributed by atoms with Crippen molar-refractivity contribution >= 4 is 5.96 Å². The Kier molecular flexibility index (Phi) is 7.46. The van der Waals surface area contributed by atoms with Crippen molar-refractivity contribution in [1.82, 2.24) is 10.2 Å². The molecule has 3 N–H and O–H groups in total. The van der Waals surface area contributed by atoms with E-state index in [9.17, 15) is 0 Å². The summed E-state index contributed by atoms with van der Waals surface area (Å²) < 4.78 is 5.36. The second-order valence-electron chi connectivity index (χ2n) is 7.16. The van der Waals surface area contributed by atoms with E-state index in [1.807, 2.05) is 0 Å². The fourth-order valence-electron chi connectivity index (χ4n) is 3.42. The molecular weight excluding hydrogens is 276 g/mol. The Hall–Kier alpha value is -0.810. The Labute approximate surface area is 135 Å². The van der Waals surface area contributed by atoms with Gasteiger partial charge in [-0.25, -0.2) is 0 Å². The quantitative estimate of drug-likeness (QED) is 0.341. The first-order valence-electron chi connectivity index (χ1n) is 9.02. The van der Waals surface area contributed by atoms with Gasteiger partial charge in [0.2, 0.25) is 0 Å². The third-order valence-electron chi connectivity index (χ3n) is 5.00. The molecule has 0 aromatic rings. The summed E-state index contributed by atoms with van der Waals surface area (Å²) in [5, 5.41) is 3.26. The predicted molar refractivity (Wildman–Crippen MR) is 92.2 cm³/mol. The molecule has 128 valence electrons. The molecule has 0 amide bonds. The monoisotopic (exact) mass is 310 g/mol. The first kappa shape index (κ1) is 17.5. The molecule has 2 rings (SSSR count). The normalized spacial score (nSPS) is 24.0.